The molecule has 1 aromatic heterocycles. The summed E-state index contributed by atoms with van der Waals surface area (Å²) in [5.74, 6) is -0.387. The van der Waals surface area contributed by atoms with Gasteiger partial charge in [0.15, 0.2) is 5.69 Å². The molecule has 1 heterocycles. The Bertz CT molecular complexity index is 782. The zero-order valence-corrected chi connectivity index (χ0v) is 11.7. The van der Waals surface area contributed by atoms with Gasteiger partial charge in [-0.2, -0.15) is 0 Å². The highest BCUT2D eigenvalue weighted by molar-refractivity contribution is 6.06. The van der Waals surface area contributed by atoms with Crippen molar-refractivity contribution in [2.45, 2.75) is 6.92 Å². The monoisotopic (exact) mass is 277 g/mol. The number of nitrogens with zero attached hydrogens (tertiary/aromatic N) is 1. The first-order valence-corrected chi connectivity index (χ1v) is 6.91. The second-order valence-corrected chi connectivity index (χ2v) is 4.66. The summed E-state index contributed by atoms with van der Waals surface area (Å²) in [6, 6.07) is 17.7. The fourth-order valence-corrected chi connectivity index (χ4v) is 2.41. The quantitative estimate of drug-likeness (QED) is 0.677. The molecule has 3 heteroatoms. The first-order valence-electron chi connectivity index (χ1n) is 6.91. The molecule has 0 aliphatic carbocycles. The van der Waals surface area contributed by atoms with Crippen LogP contribution >= 0.6 is 0 Å². The number of pyridine rings is 1. The number of aromatic nitrogens is 1. The minimum Gasteiger partial charge on any atom is -0.461 e. The van der Waals surface area contributed by atoms with Gasteiger partial charge < -0.3 is 4.74 Å². The summed E-state index contributed by atoms with van der Waals surface area (Å²) in [7, 11) is 0. The summed E-state index contributed by atoms with van der Waals surface area (Å²) in [5.41, 5.74) is 2.15. The molecule has 3 nitrogen and oxygen atoms in total. The van der Waals surface area contributed by atoms with Crippen LogP contribution in [0.2, 0.25) is 0 Å². The standard InChI is InChI=1S/C18H15NO2/c1-2-21-18(20)17-16(13-8-4-3-5-9-13)15-11-7-6-10-14(15)12-19-17/h3-12H,2H2,1H3. The molecule has 2 aromatic carbocycles. The van der Waals surface area contributed by atoms with E-state index in [0.717, 1.165) is 21.9 Å². The van der Waals surface area contributed by atoms with Gasteiger partial charge >= 0.3 is 5.97 Å². The van der Waals surface area contributed by atoms with Crippen molar-refractivity contribution in [2.75, 3.05) is 6.61 Å². The van der Waals surface area contributed by atoms with E-state index in [1.165, 1.54) is 0 Å². The maximum atomic E-state index is 12.2. The first kappa shape index (κ1) is 13.3. The van der Waals surface area contributed by atoms with Gasteiger partial charge in [0.2, 0.25) is 0 Å². The molecule has 0 bridgehead atoms. The number of carbonyl (C=O) groups is 1. The molecule has 104 valence electrons. The van der Waals surface area contributed by atoms with Crippen LogP contribution in [0.3, 0.4) is 0 Å². The largest absolute Gasteiger partial charge is 0.461 e. The molecule has 0 amide bonds. The number of fused-ring (bicyclic) bond motifs is 1. The van der Waals surface area contributed by atoms with E-state index in [1.54, 1.807) is 13.1 Å². The highest BCUT2D eigenvalue weighted by Gasteiger charge is 2.18. The van der Waals surface area contributed by atoms with E-state index in [0.29, 0.717) is 12.3 Å². The molecule has 3 aromatic rings. The number of ether oxygens (including phenoxy) is 1. The Balaban J connectivity index is 2.31. The summed E-state index contributed by atoms with van der Waals surface area (Å²) in [6.45, 7) is 2.13. The smallest absolute Gasteiger partial charge is 0.357 e. The minimum absolute atomic E-state index is 0.335. The summed E-state index contributed by atoms with van der Waals surface area (Å²) < 4.78 is 5.14. The average Bonchev–Trinajstić information content (AvgIpc) is 2.55. The Morgan fingerprint density at radius 1 is 1.05 bits per heavy atom. The molecule has 21 heavy (non-hydrogen) atoms. The molecule has 3 rings (SSSR count). The predicted octanol–water partition coefficient (Wildman–Crippen LogP) is 4.08. The summed E-state index contributed by atoms with van der Waals surface area (Å²) in [4.78, 5) is 16.5. The Hall–Kier alpha value is -2.68. The zero-order chi connectivity index (χ0) is 14.7. The lowest BCUT2D eigenvalue weighted by Crippen LogP contribution is -2.09. The molecular formula is C18H15NO2. The van der Waals surface area contributed by atoms with Gasteiger partial charge in [-0.15, -0.1) is 0 Å². The summed E-state index contributed by atoms with van der Waals surface area (Å²) in [6.07, 6.45) is 1.72. The van der Waals surface area contributed by atoms with Crippen molar-refractivity contribution in [2.24, 2.45) is 0 Å². The van der Waals surface area contributed by atoms with Gasteiger partial charge in [-0.1, -0.05) is 54.6 Å². The SMILES string of the molecule is CCOC(=O)c1ncc2ccccc2c1-c1ccccc1. The molecule has 0 radical (unpaired) electrons. The number of hydrogen-bond donors (Lipinski definition) is 0. The van der Waals surface area contributed by atoms with Gasteiger partial charge in [0, 0.05) is 17.1 Å². The molecule has 0 aliphatic rings. The summed E-state index contributed by atoms with van der Waals surface area (Å²) in [5, 5.41) is 2.01. The van der Waals surface area contributed by atoms with Crippen LogP contribution < -0.4 is 0 Å². The molecule has 0 saturated heterocycles. The van der Waals surface area contributed by atoms with E-state index in [-0.39, 0.29) is 5.97 Å². The molecule has 0 unspecified atom stereocenters. The molecule has 0 N–H and O–H groups in total. The maximum Gasteiger partial charge on any atom is 0.357 e. The zero-order valence-electron chi connectivity index (χ0n) is 11.7. The van der Waals surface area contributed by atoms with Crippen molar-refractivity contribution in [3.05, 3.63) is 66.5 Å². The topological polar surface area (TPSA) is 39.2 Å². The van der Waals surface area contributed by atoms with E-state index in [1.807, 2.05) is 54.6 Å². The van der Waals surface area contributed by atoms with Crippen LogP contribution in [0.15, 0.2) is 60.8 Å². The maximum absolute atomic E-state index is 12.2. The van der Waals surface area contributed by atoms with E-state index in [9.17, 15) is 4.79 Å². The highest BCUT2D eigenvalue weighted by atomic mass is 16.5. The van der Waals surface area contributed by atoms with Gasteiger partial charge in [-0.3, -0.25) is 0 Å². The van der Waals surface area contributed by atoms with Crippen molar-refractivity contribution in [3.8, 4) is 11.1 Å². The third kappa shape index (κ3) is 2.50. The van der Waals surface area contributed by atoms with Crippen LogP contribution in [-0.4, -0.2) is 17.6 Å². The van der Waals surface area contributed by atoms with Crippen molar-refractivity contribution < 1.29 is 9.53 Å². The predicted molar refractivity (Wildman–Crippen MR) is 83.1 cm³/mol. The van der Waals surface area contributed by atoms with Gasteiger partial charge in [0.1, 0.15) is 0 Å². The molecular weight excluding hydrogens is 262 g/mol. The number of rotatable bonds is 3. The molecule has 0 atom stereocenters. The molecule has 0 saturated carbocycles. The van der Waals surface area contributed by atoms with Gasteiger partial charge in [0.25, 0.3) is 0 Å². The van der Waals surface area contributed by atoms with Crippen molar-refractivity contribution >= 4 is 16.7 Å². The van der Waals surface area contributed by atoms with Crippen molar-refractivity contribution in [3.63, 3.8) is 0 Å². The number of carbonyl (C=O) groups excluding carboxylic acids is 1. The van der Waals surface area contributed by atoms with Crippen LogP contribution in [0.4, 0.5) is 0 Å². The van der Waals surface area contributed by atoms with Crippen LogP contribution in [0.5, 0.6) is 0 Å². The second kappa shape index (κ2) is 5.75. The Labute approximate surface area is 123 Å². The van der Waals surface area contributed by atoms with E-state index in [4.69, 9.17) is 4.74 Å². The molecule has 0 spiro atoms. The minimum atomic E-state index is -0.387. The number of hydrogen-bond acceptors (Lipinski definition) is 3. The van der Waals surface area contributed by atoms with Gasteiger partial charge in [-0.05, 0) is 17.9 Å². The summed E-state index contributed by atoms with van der Waals surface area (Å²) >= 11 is 0. The van der Waals surface area contributed by atoms with E-state index < -0.39 is 0 Å². The fourth-order valence-electron chi connectivity index (χ4n) is 2.41. The van der Waals surface area contributed by atoms with Crippen LogP contribution in [0.25, 0.3) is 21.9 Å². The second-order valence-electron chi connectivity index (χ2n) is 4.66. The van der Waals surface area contributed by atoms with Crippen molar-refractivity contribution in [1.29, 1.82) is 0 Å². The van der Waals surface area contributed by atoms with Crippen LogP contribution in [-0.2, 0) is 4.74 Å². The number of esters is 1. The lowest BCUT2D eigenvalue weighted by atomic mass is 9.97. The van der Waals surface area contributed by atoms with Gasteiger partial charge in [-0.25, -0.2) is 9.78 Å². The van der Waals surface area contributed by atoms with Gasteiger partial charge in [0.05, 0.1) is 6.61 Å². The molecule has 0 aliphatic heterocycles. The van der Waals surface area contributed by atoms with Crippen molar-refractivity contribution in [1.82, 2.24) is 4.98 Å². The third-order valence-corrected chi connectivity index (χ3v) is 3.33. The average molecular weight is 277 g/mol. The Morgan fingerprint density at radius 3 is 2.52 bits per heavy atom. The number of benzene rings is 2. The van der Waals surface area contributed by atoms with Crippen LogP contribution in [0, 0.1) is 0 Å². The fraction of sp³-hybridized carbons (Fsp3) is 0.111. The highest BCUT2D eigenvalue weighted by Crippen LogP contribution is 2.31. The lowest BCUT2D eigenvalue weighted by molar-refractivity contribution is 0.0520. The van der Waals surface area contributed by atoms with Crippen LogP contribution in [0.1, 0.15) is 17.4 Å². The van der Waals surface area contributed by atoms with E-state index >= 15 is 0 Å². The van der Waals surface area contributed by atoms with E-state index in [2.05, 4.69) is 4.98 Å². The first-order chi connectivity index (χ1) is 10.3. The molecule has 0 fully saturated rings. The Kier molecular flexibility index (Phi) is 3.65. The third-order valence-electron chi connectivity index (χ3n) is 3.33. The Morgan fingerprint density at radius 2 is 1.76 bits per heavy atom. The normalized spacial score (nSPS) is 10.5. The lowest BCUT2D eigenvalue weighted by Gasteiger charge is -2.11.